The summed E-state index contributed by atoms with van der Waals surface area (Å²) in [7, 11) is 0. The van der Waals surface area contributed by atoms with Crippen LogP contribution in [0.2, 0.25) is 10.0 Å². The average Bonchev–Trinajstić information content (AvgIpc) is 2.83. The molecule has 128 valence electrons. The predicted octanol–water partition coefficient (Wildman–Crippen LogP) is 4.95. The van der Waals surface area contributed by atoms with Crippen molar-refractivity contribution >= 4 is 40.6 Å². The fourth-order valence-electron chi connectivity index (χ4n) is 2.49. The molecule has 1 aromatic heterocycles. The van der Waals surface area contributed by atoms with E-state index in [2.05, 4.69) is 15.5 Å². The molecule has 1 aromatic carbocycles. The van der Waals surface area contributed by atoms with E-state index in [-0.39, 0.29) is 5.97 Å². The summed E-state index contributed by atoms with van der Waals surface area (Å²) in [6, 6.07) is 5.27. The van der Waals surface area contributed by atoms with Crippen molar-refractivity contribution in [3.8, 4) is 0 Å². The molecule has 2 aromatic rings. The summed E-state index contributed by atoms with van der Waals surface area (Å²) >= 11 is 12.1. The first-order valence-electron chi connectivity index (χ1n) is 7.47. The molecule has 0 aliphatic heterocycles. The van der Waals surface area contributed by atoms with Gasteiger partial charge in [-0.05, 0) is 45.4 Å². The zero-order valence-electron chi connectivity index (χ0n) is 14.0. The second-order valence-corrected chi connectivity index (χ2v) is 6.04. The number of nitrogens with zero attached hydrogens (tertiary/aromatic N) is 1. The summed E-state index contributed by atoms with van der Waals surface area (Å²) in [5.74, 6) is -0.372. The molecule has 2 N–H and O–H groups in total. The largest absolute Gasteiger partial charge is 0.461 e. The third-order valence-corrected chi connectivity index (χ3v) is 4.39. The number of aromatic amines is 1. The van der Waals surface area contributed by atoms with Gasteiger partial charge in [0.25, 0.3) is 0 Å². The van der Waals surface area contributed by atoms with E-state index in [1.807, 2.05) is 20.8 Å². The predicted molar refractivity (Wildman–Crippen MR) is 98.5 cm³/mol. The van der Waals surface area contributed by atoms with Crippen LogP contribution in [-0.4, -0.2) is 23.3 Å². The lowest BCUT2D eigenvalue weighted by molar-refractivity contribution is 0.0519. The summed E-state index contributed by atoms with van der Waals surface area (Å²) in [6.45, 7) is 7.69. The number of hydrogen-bond donors (Lipinski definition) is 2. The number of carbonyl (C=O) groups excluding carboxylic acids is 1. The van der Waals surface area contributed by atoms with Gasteiger partial charge in [0.2, 0.25) is 0 Å². The molecule has 0 aliphatic carbocycles. The van der Waals surface area contributed by atoms with Crippen LogP contribution in [0.25, 0.3) is 0 Å². The zero-order valence-corrected chi connectivity index (χ0v) is 15.5. The fourth-order valence-corrected chi connectivity index (χ4v) is 2.83. The number of hydrazone groups is 1. The minimum Gasteiger partial charge on any atom is -0.461 e. The van der Waals surface area contributed by atoms with Crippen molar-refractivity contribution in [1.82, 2.24) is 4.98 Å². The van der Waals surface area contributed by atoms with Crippen LogP contribution in [0.1, 0.15) is 41.2 Å². The van der Waals surface area contributed by atoms with Gasteiger partial charge in [-0.25, -0.2) is 4.79 Å². The molecule has 1 heterocycles. The second-order valence-electron chi connectivity index (χ2n) is 5.26. The summed E-state index contributed by atoms with van der Waals surface area (Å²) in [4.78, 5) is 15.0. The number of rotatable bonds is 5. The Labute approximate surface area is 151 Å². The van der Waals surface area contributed by atoms with Crippen molar-refractivity contribution in [1.29, 1.82) is 0 Å². The van der Waals surface area contributed by atoms with Crippen LogP contribution in [-0.2, 0) is 4.74 Å². The molecule has 0 radical (unpaired) electrons. The third kappa shape index (κ3) is 3.74. The monoisotopic (exact) mass is 367 g/mol. The maximum atomic E-state index is 12.0. The number of aromatic nitrogens is 1. The van der Waals surface area contributed by atoms with Crippen molar-refractivity contribution in [3.63, 3.8) is 0 Å². The Morgan fingerprint density at radius 1 is 1.33 bits per heavy atom. The molecular weight excluding hydrogens is 349 g/mol. The number of carbonyl (C=O) groups is 1. The van der Waals surface area contributed by atoms with E-state index >= 15 is 0 Å². The van der Waals surface area contributed by atoms with Crippen molar-refractivity contribution in [2.45, 2.75) is 27.7 Å². The summed E-state index contributed by atoms with van der Waals surface area (Å²) in [5.41, 5.74) is 7.19. The van der Waals surface area contributed by atoms with E-state index in [9.17, 15) is 4.79 Å². The first-order valence-corrected chi connectivity index (χ1v) is 8.23. The maximum absolute atomic E-state index is 12.0. The van der Waals surface area contributed by atoms with Crippen LogP contribution < -0.4 is 5.43 Å². The van der Waals surface area contributed by atoms with Gasteiger partial charge in [-0.2, -0.15) is 5.10 Å². The van der Waals surface area contributed by atoms with Gasteiger partial charge in [-0.1, -0.05) is 29.3 Å². The summed E-state index contributed by atoms with van der Waals surface area (Å²) < 4.78 is 5.06. The molecule has 24 heavy (non-hydrogen) atoms. The highest BCUT2D eigenvalue weighted by Gasteiger charge is 2.19. The average molecular weight is 368 g/mol. The molecular formula is C17H19Cl2N3O2. The Kier molecular flexibility index (Phi) is 5.91. The number of nitrogens with one attached hydrogen (secondary N) is 2. The minimum absolute atomic E-state index is 0.327. The van der Waals surface area contributed by atoms with Gasteiger partial charge in [0.05, 0.1) is 28.1 Å². The number of hydrogen-bond acceptors (Lipinski definition) is 4. The van der Waals surface area contributed by atoms with Crippen LogP contribution in [0.5, 0.6) is 0 Å². The minimum atomic E-state index is -0.372. The third-order valence-electron chi connectivity index (χ3n) is 3.57. The van der Waals surface area contributed by atoms with Gasteiger partial charge in [-0.3, -0.25) is 5.43 Å². The van der Waals surface area contributed by atoms with E-state index in [1.54, 1.807) is 25.1 Å². The summed E-state index contributed by atoms with van der Waals surface area (Å²) in [5, 5.41) is 5.22. The van der Waals surface area contributed by atoms with E-state index < -0.39 is 0 Å². The van der Waals surface area contributed by atoms with Crippen LogP contribution in [0.4, 0.5) is 5.69 Å². The first-order chi connectivity index (χ1) is 11.4. The van der Waals surface area contributed by atoms with Crippen molar-refractivity contribution < 1.29 is 9.53 Å². The normalized spacial score (nSPS) is 11.5. The Hall–Kier alpha value is -1.98. The number of H-pyrrole nitrogens is 1. The Morgan fingerprint density at radius 2 is 2.04 bits per heavy atom. The number of aryl methyl sites for hydroxylation is 1. The molecule has 2 rings (SSSR count). The van der Waals surface area contributed by atoms with Crippen LogP contribution in [0.3, 0.4) is 0 Å². The quantitative estimate of drug-likeness (QED) is 0.446. The van der Waals surface area contributed by atoms with E-state index in [4.69, 9.17) is 27.9 Å². The number of benzene rings is 1. The standard InChI is InChI=1S/C17H19Cl2N3O2/c1-5-24-17(23)16-9(2)14(10(3)20-16)11(4)21-22-13-8-6-7-12(18)15(13)19/h6-8,20,22H,5H2,1-4H3/b21-11+. The van der Waals surface area contributed by atoms with Gasteiger partial charge in [0.15, 0.2) is 0 Å². The molecule has 0 atom stereocenters. The number of anilines is 1. The van der Waals surface area contributed by atoms with E-state index in [0.29, 0.717) is 33.7 Å². The van der Waals surface area contributed by atoms with Gasteiger partial charge in [0, 0.05) is 11.3 Å². The fraction of sp³-hybridized carbons (Fsp3) is 0.294. The van der Waals surface area contributed by atoms with Crippen LogP contribution >= 0.6 is 23.2 Å². The SMILES string of the molecule is CCOC(=O)c1[nH]c(C)c(/C(C)=N/Nc2cccc(Cl)c2Cl)c1C. The van der Waals surface area contributed by atoms with Crippen LogP contribution in [0, 0.1) is 13.8 Å². The lowest BCUT2D eigenvalue weighted by atomic mass is 10.1. The van der Waals surface area contributed by atoms with Gasteiger partial charge in [-0.15, -0.1) is 0 Å². The van der Waals surface area contributed by atoms with Crippen LogP contribution in [0.15, 0.2) is 23.3 Å². The van der Waals surface area contributed by atoms with Crippen molar-refractivity contribution in [2.24, 2.45) is 5.10 Å². The number of ether oxygens (including phenoxy) is 1. The van der Waals surface area contributed by atoms with Crippen molar-refractivity contribution in [3.05, 3.63) is 50.8 Å². The molecule has 0 aliphatic rings. The van der Waals surface area contributed by atoms with Gasteiger partial charge >= 0.3 is 5.97 Å². The van der Waals surface area contributed by atoms with Gasteiger partial charge in [0.1, 0.15) is 5.69 Å². The topological polar surface area (TPSA) is 66.5 Å². The lowest BCUT2D eigenvalue weighted by Gasteiger charge is -2.07. The van der Waals surface area contributed by atoms with Crippen molar-refractivity contribution in [2.75, 3.05) is 12.0 Å². The first kappa shape index (κ1) is 18.4. The number of esters is 1. The van der Waals surface area contributed by atoms with E-state index in [0.717, 1.165) is 16.8 Å². The smallest absolute Gasteiger partial charge is 0.355 e. The summed E-state index contributed by atoms with van der Waals surface area (Å²) in [6.07, 6.45) is 0. The lowest BCUT2D eigenvalue weighted by Crippen LogP contribution is -2.07. The Balaban J connectivity index is 2.31. The molecule has 7 heteroatoms. The molecule has 0 amide bonds. The molecule has 0 fully saturated rings. The number of halogens is 2. The molecule has 0 bridgehead atoms. The second kappa shape index (κ2) is 7.73. The molecule has 0 unspecified atom stereocenters. The van der Waals surface area contributed by atoms with Gasteiger partial charge < -0.3 is 9.72 Å². The highest BCUT2D eigenvalue weighted by atomic mass is 35.5. The molecule has 0 saturated heterocycles. The Morgan fingerprint density at radius 3 is 2.71 bits per heavy atom. The molecule has 0 saturated carbocycles. The zero-order chi connectivity index (χ0) is 17.9. The molecule has 5 nitrogen and oxygen atoms in total. The van der Waals surface area contributed by atoms with E-state index in [1.165, 1.54) is 0 Å². The maximum Gasteiger partial charge on any atom is 0.355 e. The molecule has 0 spiro atoms. The highest BCUT2D eigenvalue weighted by molar-refractivity contribution is 6.43. The highest BCUT2D eigenvalue weighted by Crippen LogP contribution is 2.29. The Bertz CT molecular complexity index is 797.